The van der Waals surface area contributed by atoms with E-state index in [-0.39, 0.29) is 70.0 Å². The lowest BCUT2D eigenvalue weighted by atomic mass is 9.68. The van der Waals surface area contributed by atoms with Crippen LogP contribution in [0.5, 0.6) is 5.75 Å². The number of aryl methyl sites for hydroxylation is 2. The minimum absolute atomic E-state index is 0.0182. The van der Waals surface area contributed by atoms with Crippen LogP contribution in [0.15, 0.2) is 82.6 Å². The number of imide groups is 1. The Hall–Kier alpha value is -4.15. The average molecular weight is 638 g/mol. The van der Waals surface area contributed by atoms with Crippen molar-refractivity contribution in [1.82, 2.24) is 4.98 Å². The fourth-order valence-corrected chi connectivity index (χ4v) is 11.0. The third-order valence-corrected chi connectivity index (χ3v) is 12.5. The predicted octanol–water partition coefficient (Wildman–Crippen LogP) is 5.75. The largest absolute Gasteiger partial charge is 0.484 e. The average Bonchev–Trinajstić information content (AvgIpc) is 3.77. The molecule has 1 aromatic heterocycles. The van der Waals surface area contributed by atoms with Crippen LogP contribution in [0, 0.1) is 43.4 Å². The molecule has 2 bridgehead atoms. The lowest BCUT2D eigenvalue weighted by Crippen LogP contribution is -2.42. The molecular weight excluding hydrogens is 607 g/mol. The zero-order valence-corrected chi connectivity index (χ0v) is 26.3. The summed E-state index contributed by atoms with van der Waals surface area (Å²) in [4.78, 5) is 58.4. The number of amides is 3. The Bertz CT molecular complexity index is 1900. The van der Waals surface area contributed by atoms with Crippen molar-refractivity contribution in [2.75, 3.05) is 16.8 Å². The molecule has 2 aliphatic heterocycles. The summed E-state index contributed by atoms with van der Waals surface area (Å²) in [5, 5.41) is 3.82. The molecule has 8 rings (SSSR count). The Kier molecular flexibility index (Phi) is 6.76. The number of thiazole rings is 1. The molecule has 1 saturated heterocycles. The van der Waals surface area contributed by atoms with E-state index in [1.165, 1.54) is 16.2 Å². The Morgan fingerprint density at radius 3 is 2.36 bits per heavy atom. The number of aromatic nitrogens is 1. The maximum Gasteiger partial charge on any atom is 0.305 e. The molecule has 7 atom stereocenters. The molecule has 4 aromatic rings. The second kappa shape index (κ2) is 10.7. The number of carbonyl (C=O) groups is 3. The number of anilines is 2. The maximum absolute atomic E-state index is 14.0. The SMILES string of the molecule is Cc1ccc(NC(=O)COc2cccc([C@H]3c4sc(=O)[nH]c4SC4C3[C@H]3C[C@@H]4C4C(=O)N(c5ccc(C)cc5)C(=O)C43)c2)cc1. The van der Waals surface area contributed by atoms with Gasteiger partial charge in [-0.05, 0) is 80.0 Å². The summed E-state index contributed by atoms with van der Waals surface area (Å²) in [6.45, 7) is 3.83. The van der Waals surface area contributed by atoms with Crippen LogP contribution in [0.1, 0.15) is 33.9 Å². The maximum atomic E-state index is 14.0. The van der Waals surface area contributed by atoms with Gasteiger partial charge in [-0.3, -0.25) is 24.1 Å². The van der Waals surface area contributed by atoms with Crippen molar-refractivity contribution in [2.24, 2.45) is 29.6 Å². The van der Waals surface area contributed by atoms with Crippen LogP contribution in [-0.2, 0) is 14.4 Å². The van der Waals surface area contributed by atoms with E-state index in [0.717, 1.165) is 33.0 Å². The molecule has 4 unspecified atom stereocenters. The van der Waals surface area contributed by atoms with Gasteiger partial charge in [-0.25, -0.2) is 0 Å². The number of H-pyrrole nitrogens is 1. The van der Waals surface area contributed by atoms with Gasteiger partial charge < -0.3 is 15.0 Å². The molecule has 10 heteroatoms. The molecule has 45 heavy (non-hydrogen) atoms. The number of nitrogens with one attached hydrogen (secondary N) is 2. The first kappa shape index (κ1) is 28.3. The zero-order chi connectivity index (χ0) is 31.0. The Morgan fingerprint density at radius 1 is 0.933 bits per heavy atom. The van der Waals surface area contributed by atoms with E-state index >= 15 is 0 Å². The smallest absolute Gasteiger partial charge is 0.305 e. The molecule has 228 valence electrons. The van der Waals surface area contributed by atoms with Gasteiger partial charge >= 0.3 is 4.87 Å². The van der Waals surface area contributed by atoms with E-state index < -0.39 is 0 Å². The first-order valence-electron chi connectivity index (χ1n) is 15.2. The topological polar surface area (TPSA) is 109 Å². The van der Waals surface area contributed by atoms with Crippen LogP contribution in [0.25, 0.3) is 0 Å². The summed E-state index contributed by atoms with van der Waals surface area (Å²) < 4.78 is 5.94. The van der Waals surface area contributed by atoms with Crippen LogP contribution < -0.4 is 19.8 Å². The van der Waals surface area contributed by atoms with E-state index in [9.17, 15) is 19.2 Å². The molecule has 4 aliphatic rings. The summed E-state index contributed by atoms with van der Waals surface area (Å²) in [6.07, 6.45) is 0.821. The van der Waals surface area contributed by atoms with Crippen LogP contribution in [0.4, 0.5) is 11.4 Å². The molecule has 8 nitrogen and oxygen atoms in total. The van der Waals surface area contributed by atoms with E-state index in [4.69, 9.17) is 4.74 Å². The summed E-state index contributed by atoms with van der Waals surface area (Å²) >= 11 is 2.89. The van der Waals surface area contributed by atoms with E-state index in [2.05, 4.69) is 10.3 Å². The Labute approximate surface area is 268 Å². The number of rotatable bonds is 6. The van der Waals surface area contributed by atoms with Gasteiger partial charge in [0, 0.05) is 21.7 Å². The lowest BCUT2D eigenvalue weighted by molar-refractivity contribution is -0.123. The molecule has 0 radical (unpaired) electrons. The molecule has 2 N–H and O–H groups in total. The number of fused-ring (bicyclic) bond motifs is 9. The quantitative estimate of drug-likeness (QED) is 0.261. The van der Waals surface area contributed by atoms with Gasteiger partial charge in [-0.15, -0.1) is 11.8 Å². The van der Waals surface area contributed by atoms with E-state index in [1.807, 2.05) is 86.6 Å². The molecule has 3 heterocycles. The highest BCUT2D eigenvalue weighted by molar-refractivity contribution is 8.00. The normalized spacial score (nSPS) is 27.7. The van der Waals surface area contributed by atoms with Gasteiger partial charge in [0.1, 0.15) is 5.75 Å². The second-order valence-corrected chi connectivity index (χ2v) is 14.8. The minimum Gasteiger partial charge on any atom is -0.484 e. The van der Waals surface area contributed by atoms with Crippen LogP contribution in [0.3, 0.4) is 0 Å². The van der Waals surface area contributed by atoms with Gasteiger partial charge in [-0.1, -0.05) is 58.9 Å². The molecule has 0 spiro atoms. The van der Waals surface area contributed by atoms with Crippen LogP contribution in [0.2, 0.25) is 0 Å². The number of aromatic amines is 1. The van der Waals surface area contributed by atoms with E-state index in [0.29, 0.717) is 17.1 Å². The van der Waals surface area contributed by atoms with Crippen molar-refractivity contribution in [1.29, 1.82) is 0 Å². The molecule has 3 amide bonds. The number of nitrogens with zero attached hydrogens (tertiary/aromatic N) is 1. The van der Waals surface area contributed by atoms with Crippen molar-refractivity contribution in [2.45, 2.75) is 36.5 Å². The number of ether oxygens (including phenoxy) is 1. The lowest BCUT2D eigenvalue weighted by Gasteiger charge is -2.43. The Morgan fingerprint density at radius 2 is 1.62 bits per heavy atom. The van der Waals surface area contributed by atoms with Gasteiger partial charge in [0.15, 0.2) is 6.61 Å². The van der Waals surface area contributed by atoms with Crippen molar-refractivity contribution >= 4 is 52.2 Å². The number of thioether (sulfide) groups is 1. The first-order chi connectivity index (χ1) is 21.8. The van der Waals surface area contributed by atoms with Crippen molar-refractivity contribution in [3.63, 3.8) is 0 Å². The van der Waals surface area contributed by atoms with Gasteiger partial charge in [-0.2, -0.15) is 0 Å². The van der Waals surface area contributed by atoms with Crippen molar-refractivity contribution < 1.29 is 19.1 Å². The predicted molar refractivity (Wildman–Crippen MR) is 174 cm³/mol. The van der Waals surface area contributed by atoms with Crippen LogP contribution >= 0.6 is 23.1 Å². The Balaban J connectivity index is 1.08. The summed E-state index contributed by atoms with van der Waals surface area (Å²) in [5.41, 5.74) is 4.50. The number of hydrogen-bond donors (Lipinski definition) is 2. The highest BCUT2D eigenvalue weighted by Crippen LogP contribution is 2.68. The third-order valence-electron chi connectivity index (χ3n) is 9.94. The fraction of sp³-hybridized carbons (Fsp3) is 0.314. The van der Waals surface area contributed by atoms with Crippen molar-refractivity contribution in [3.05, 3.63) is 104 Å². The zero-order valence-electron chi connectivity index (χ0n) is 24.7. The molecule has 2 saturated carbocycles. The third kappa shape index (κ3) is 4.65. The number of benzene rings is 3. The fourth-order valence-electron chi connectivity index (χ4n) is 8.12. The second-order valence-electron chi connectivity index (χ2n) is 12.6. The van der Waals surface area contributed by atoms with Gasteiger partial charge in [0.25, 0.3) is 5.91 Å². The number of hydrogen-bond acceptors (Lipinski definition) is 7. The highest BCUT2D eigenvalue weighted by atomic mass is 32.2. The molecular formula is C35H31N3O5S2. The molecule has 3 fully saturated rings. The van der Waals surface area contributed by atoms with Crippen molar-refractivity contribution in [3.8, 4) is 5.75 Å². The highest BCUT2D eigenvalue weighted by Gasteiger charge is 2.69. The summed E-state index contributed by atoms with van der Waals surface area (Å²) in [6, 6.07) is 22.9. The monoisotopic (exact) mass is 637 g/mol. The first-order valence-corrected chi connectivity index (χ1v) is 16.9. The minimum atomic E-state index is -0.365. The molecule has 3 aromatic carbocycles. The van der Waals surface area contributed by atoms with Gasteiger partial charge in [0.05, 0.1) is 22.5 Å². The number of carbonyl (C=O) groups excluding carboxylic acids is 3. The van der Waals surface area contributed by atoms with E-state index in [1.54, 1.807) is 11.8 Å². The standard InChI is InChI=1S/C35H31N3O5S2/c1-17-6-10-20(11-7-17)36-25(39)16-43-22-5-3-4-19(14-22)26-27-23-15-24(30(27)44-32-31(26)45-35(42)37-32)29-28(23)33(40)38(34(29)41)21-12-8-18(2)9-13-21/h3-14,23-24,26-30H,15-16H2,1-2H3,(H,36,39)(H,37,42)/t23-,24-,26-,27?,28?,29?,30?/m1/s1. The summed E-state index contributed by atoms with van der Waals surface area (Å²) in [7, 11) is 0. The van der Waals surface area contributed by atoms with Crippen LogP contribution in [-0.4, -0.2) is 34.6 Å². The summed E-state index contributed by atoms with van der Waals surface area (Å²) in [5.74, 6) is -0.593. The molecule has 2 aliphatic carbocycles. The van der Waals surface area contributed by atoms with Gasteiger partial charge in [0.2, 0.25) is 11.8 Å².